The molecule has 27 heavy (non-hydrogen) atoms. The molecule has 3 rings (SSSR count). The van der Waals surface area contributed by atoms with Crippen LogP contribution in [0.3, 0.4) is 0 Å². The first-order valence-corrected chi connectivity index (χ1v) is 10.9. The summed E-state index contributed by atoms with van der Waals surface area (Å²) in [5.41, 5.74) is 6.12. The molecule has 1 saturated carbocycles. The van der Waals surface area contributed by atoms with Gasteiger partial charge in [-0.25, -0.2) is 26.3 Å². The average Bonchev–Trinajstić information content (AvgIpc) is 3.37. The molecule has 1 aromatic carbocycles. The van der Waals surface area contributed by atoms with Crippen molar-refractivity contribution < 1.29 is 21.6 Å². The van der Waals surface area contributed by atoms with Gasteiger partial charge in [-0.3, -0.25) is 4.90 Å². The maximum Gasteiger partial charge on any atom is 0.214 e. The Bertz CT molecular complexity index is 771. The molecule has 2 fully saturated rings. The van der Waals surface area contributed by atoms with Crippen molar-refractivity contribution in [2.45, 2.75) is 55.9 Å². The molecule has 1 heterocycles. The van der Waals surface area contributed by atoms with Crippen molar-refractivity contribution in [1.29, 1.82) is 0 Å². The minimum atomic E-state index is -3.19. The summed E-state index contributed by atoms with van der Waals surface area (Å²) in [7, 11) is -3.19. The van der Waals surface area contributed by atoms with E-state index in [-0.39, 0.29) is 23.3 Å². The summed E-state index contributed by atoms with van der Waals surface area (Å²) in [5.74, 6) is -3.09. The maximum absolute atomic E-state index is 13.7. The Morgan fingerprint density at radius 1 is 1.15 bits per heavy atom. The lowest BCUT2D eigenvalue weighted by Crippen LogP contribution is -2.42. The monoisotopic (exact) mass is 405 g/mol. The molecule has 1 aromatic rings. The van der Waals surface area contributed by atoms with Gasteiger partial charge < -0.3 is 5.73 Å². The molecule has 0 spiro atoms. The minimum absolute atomic E-state index is 0.0663. The number of halogens is 3. The van der Waals surface area contributed by atoms with Crippen LogP contribution >= 0.6 is 0 Å². The first-order valence-electron chi connectivity index (χ1n) is 9.38. The number of sulfonamides is 1. The molecule has 152 valence electrons. The number of nitrogens with one attached hydrogen (secondary N) is 1. The second-order valence-electron chi connectivity index (χ2n) is 7.54. The predicted molar refractivity (Wildman–Crippen MR) is 97.2 cm³/mol. The van der Waals surface area contributed by atoms with Crippen molar-refractivity contribution in [3.05, 3.63) is 35.1 Å². The van der Waals surface area contributed by atoms with Crippen LogP contribution in [0.5, 0.6) is 0 Å². The molecule has 0 amide bonds. The molecule has 1 saturated heterocycles. The van der Waals surface area contributed by atoms with E-state index in [1.165, 1.54) is 0 Å². The van der Waals surface area contributed by atoms with E-state index in [2.05, 4.69) is 9.62 Å². The standard InChI is InChI=1S/C18H26F3N3O2S/c19-16-10-18(21)17(20)9-12(16)8-13(22)5-7-24-6-1-2-14(24)11-23-27(25,26)15-3-4-15/h9-10,13-15,23H,1-8,11,22H2/t13-,14-/m0/s1. The number of rotatable bonds is 9. The van der Waals surface area contributed by atoms with E-state index >= 15 is 0 Å². The molecule has 0 bridgehead atoms. The van der Waals surface area contributed by atoms with Crippen LogP contribution in [0.25, 0.3) is 0 Å². The molecule has 2 atom stereocenters. The largest absolute Gasteiger partial charge is 0.327 e. The zero-order valence-corrected chi connectivity index (χ0v) is 16.0. The van der Waals surface area contributed by atoms with Gasteiger partial charge in [0, 0.05) is 24.7 Å². The Balaban J connectivity index is 1.47. The summed E-state index contributed by atoms with van der Waals surface area (Å²) in [6.45, 7) is 1.91. The normalized spacial score (nSPS) is 22.3. The number of nitrogens with zero attached hydrogens (tertiary/aromatic N) is 1. The molecule has 0 aromatic heterocycles. The van der Waals surface area contributed by atoms with Crippen LogP contribution in [0.4, 0.5) is 13.2 Å². The van der Waals surface area contributed by atoms with Gasteiger partial charge in [0.1, 0.15) is 5.82 Å². The Hall–Kier alpha value is -1.16. The predicted octanol–water partition coefficient (Wildman–Crippen LogP) is 1.91. The van der Waals surface area contributed by atoms with Gasteiger partial charge >= 0.3 is 0 Å². The van der Waals surface area contributed by atoms with Crippen LogP contribution in [-0.4, -0.2) is 50.3 Å². The van der Waals surface area contributed by atoms with Crippen molar-refractivity contribution in [2.75, 3.05) is 19.6 Å². The van der Waals surface area contributed by atoms with Gasteiger partial charge in [0.25, 0.3) is 0 Å². The van der Waals surface area contributed by atoms with Crippen molar-refractivity contribution in [3.63, 3.8) is 0 Å². The number of nitrogens with two attached hydrogens (primary N) is 1. The van der Waals surface area contributed by atoms with Gasteiger partial charge in [0.2, 0.25) is 10.0 Å². The Morgan fingerprint density at radius 2 is 1.85 bits per heavy atom. The number of hydrogen-bond donors (Lipinski definition) is 2. The van der Waals surface area contributed by atoms with E-state index in [9.17, 15) is 21.6 Å². The molecular weight excluding hydrogens is 379 g/mol. The molecule has 1 aliphatic heterocycles. The third-order valence-electron chi connectivity index (χ3n) is 5.34. The Morgan fingerprint density at radius 3 is 2.56 bits per heavy atom. The minimum Gasteiger partial charge on any atom is -0.327 e. The van der Waals surface area contributed by atoms with Gasteiger partial charge in [0.05, 0.1) is 5.25 Å². The average molecular weight is 405 g/mol. The van der Waals surface area contributed by atoms with Gasteiger partial charge in [-0.2, -0.15) is 0 Å². The summed E-state index contributed by atoms with van der Waals surface area (Å²) >= 11 is 0. The SMILES string of the molecule is N[C@@H](CCN1CCC[C@H]1CNS(=O)(=O)C1CC1)Cc1cc(F)c(F)cc1F. The van der Waals surface area contributed by atoms with Crippen LogP contribution in [0, 0.1) is 17.5 Å². The van der Waals surface area contributed by atoms with E-state index in [0.717, 1.165) is 38.3 Å². The fourth-order valence-corrected chi connectivity index (χ4v) is 4.98. The number of benzene rings is 1. The second-order valence-corrected chi connectivity index (χ2v) is 9.58. The van der Waals surface area contributed by atoms with E-state index in [1.807, 2.05) is 0 Å². The second kappa shape index (κ2) is 8.46. The molecule has 0 radical (unpaired) electrons. The van der Waals surface area contributed by atoms with Crippen molar-refractivity contribution in [1.82, 2.24) is 9.62 Å². The molecule has 2 aliphatic rings. The lowest BCUT2D eigenvalue weighted by Gasteiger charge is -2.26. The fourth-order valence-electron chi connectivity index (χ4n) is 3.57. The molecular formula is C18H26F3N3O2S. The molecule has 3 N–H and O–H groups in total. The van der Waals surface area contributed by atoms with Crippen LogP contribution < -0.4 is 10.5 Å². The highest BCUT2D eigenvalue weighted by atomic mass is 32.2. The highest BCUT2D eigenvalue weighted by Crippen LogP contribution is 2.28. The van der Waals surface area contributed by atoms with E-state index in [4.69, 9.17) is 5.73 Å². The lowest BCUT2D eigenvalue weighted by atomic mass is 10.0. The fraction of sp³-hybridized carbons (Fsp3) is 0.667. The van der Waals surface area contributed by atoms with Gasteiger partial charge in [-0.15, -0.1) is 0 Å². The maximum atomic E-state index is 13.7. The zero-order chi connectivity index (χ0) is 19.6. The first-order chi connectivity index (χ1) is 12.8. The summed E-state index contributed by atoms with van der Waals surface area (Å²) in [6.07, 6.45) is 4.06. The summed E-state index contributed by atoms with van der Waals surface area (Å²) in [6, 6.07) is 1.13. The zero-order valence-electron chi connectivity index (χ0n) is 15.1. The first kappa shape index (κ1) is 20.6. The molecule has 0 unspecified atom stereocenters. The smallest absolute Gasteiger partial charge is 0.214 e. The van der Waals surface area contributed by atoms with E-state index < -0.39 is 33.5 Å². The summed E-state index contributed by atoms with van der Waals surface area (Å²) in [5, 5.41) is -0.230. The highest BCUT2D eigenvalue weighted by molar-refractivity contribution is 7.90. The topological polar surface area (TPSA) is 75.4 Å². The molecule has 9 heteroatoms. The van der Waals surface area contributed by atoms with Crippen LogP contribution in [-0.2, 0) is 16.4 Å². The van der Waals surface area contributed by atoms with Crippen LogP contribution in [0.15, 0.2) is 12.1 Å². The number of hydrogen-bond acceptors (Lipinski definition) is 4. The molecule has 1 aliphatic carbocycles. The Labute approximate surface area is 158 Å². The van der Waals surface area contributed by atoms with Crippen molar-refractivity contribution in [2.24, 2.45) is 5.73 Å². The highest BCUT2D eigenvalue weighted by Gasteiger charge is 2.36. The molecule has 5 nitrogen and oxygen atoms in total. The van der Waals surface area contributed by atoms with Gasteiger partial charge in [0.15, 0.2) is 11.6 Å². The number of likely N-dealkylation sites (tertiary alicyclic amines) is 1. The third-order valence-corrected chi connectivity index (χ3v) is 7.26. The summed E-state index contributed by atoms with van der Waals surface area (Å²) < 4.78 is 66.7. The van der Waals surface area contributed by atoms with E-state index in [1.54, 1.807) is 0 Å². The van der Waals surface area contributed by atoms with E-state index in [0.29, 0.717) is 25.6 Å². The quantitative estimate of drug-likeness (QED) is 0.616. The van der Waals surface area contributed by atoms with Crippen molar-refractivity contribution >= 4 is 10.0 Å². The van der Waals surface area contributed by atoms with Gasteiger partial charge in [-0.05, 0) is 63.2 Å². The van der Waals surface area contributed by atoms with Gasteiger partial charge in [-0.1, -0.05) is 0 Å². The third kappa shape index (κ3) is 5.43. The lowest BCUT2D eigenvalue weighted by molar-refractivity contribution is 0.244. The van der Waals surface area contributed by atoms with Crippen molar-refractivity contribution in [3.8, 4) is 0 Å². The Kier molecular flexibility index (Phi) is 6.45. The van der Waals surface area contributed by atoms with Crippen LogP contribution in [0.2, 0.25) is 0 Å². The van der Waals surface area contributed by atoms with Crippen LogP contribution in [0.1, 0.15) is 37.7 Å². The summed E-state index contributed by atoms with van der Waals surface area (Å²) in [4.78, 5) is 2.19.